The molecule has 0 atom stereocenters. The number of likely N-dealkylation sites (N-methyl/N-ethyl adjacent to an activating group) is 1. The van der Waals surface area contributed by atoms with Gasteiger partial charge in [-0.3, -0.25) is 0 Å². The SMILES string of the molecule is CCN1CCN(S(=O)(=O)c2cccc(C#N)c2)CC1. The van der Waals surface area contributed by atoms with Gasteiger partial charge in [-0.15, -0.1) is 0 Å². The van der Waals surface area contributed by atoms with Crippen LogP contribution in [0.3, 0.4) is 0 Å². The minimum absolute atomic E-state index is 0.205. The van der Waals surface area contributed by atoms with Crippen molar-refractivity contribution in [2.45, 2.75) is 11.8 Å². The second-order valence-electron chi connectivity index (χ2n) is 4.48. The smallest absolute Gasteiger partial charge is 0.243 e. The molecule has 1 aliphatic rings. The highest BCUT2D eigenvalue weighted by atomic mass is 32.2. The molecular weight excluding hydrogens is 262 g/mol. The third-order valence-corrected chi connectivity index (χ3v) is 5.27. The highest BCUT2D eigenvalue weighted by Gasteiger charge is 2.27. The largest absolute Gasteiger partial charge is 0.301 e. The number of benzene rings is 1. The molecule has 1 saturated heterocycles. The van der Waals surface area contributed by atoms with Crippen molar-refractivity contribution in [1.82, 2.24) is 9.21 Å². The minimum atomic E-state index is -3.47. The van der Waals surface area contributed by atoms with Crippen LogP contribution in [0.15, 0.2) is 29.2 Å². The minimum Gasteiger partial charge on any atom is -0.301 e. The molecule has 0 amide bonds. The fraction of sp³-hybridized carbons (Fsp3) is 0.462. The highest BCUT2D eigenvalue weighted by molar-refractivity contribution is 7.89. The van der Waals surface area contributed by atoms with Crippen LogP contribution >= 0.6 is 0 Å². The molecular formula is C13H17N3O2S. The quantitative estimate of drug-likeness (QED) is 0.824. The molecule has 1 fully saturated rings. The molecule has 102 valence electrons. The summed E-state index contributed by atoms with van der Waals surface area (Å²) in [5.41, 5.74) is 0.369. The Bertz CT molecular complexity index is 584. The summed E-state index contributed by atoms with van der Waals surface area (Å²) in [4.78, 5) is 2.43. The van der Waals surface area contributed by atoms with E-state index in [9.17, 15) is 8.42 Å². The summed E-state index contributed by atoms with van der Waals surface area (Å²) in [5, 5.41) is 8.84. The van der Waals surface area contributed by atoms with Gasteiger partial charge >= 0.3 is 0 Å². The van der Waals surface area contributed by atoms with Gasteiger partial charge in [0.1, 0.15) is 0 Å². The molecule has 0 aromatic heterocycles. The van der Waals surface area contributed by atoms with Crippen LogP contribution in [0.4, 0.5) is 0 Å². The second kappa shape index (κ2) is 5.70. The van der Waals surface area contributed by atoms with Crippen molar-refractivity contribution in [3.63, 3.8) is 0 Å². The molecule has 0 aliphatic carbocycles. The Hall–Kier alpha value is -1.42. The lowest BCUT2D eigenvalue weighted by Gasteiger charge is -2.33. The number of rotatable bonds is 3. The van der Waals surface area contributed by atoms with E-state index < -0.39 is 10.0 Å². The van der Waals surface area contributed by atoms with E-state index in [1.807, 2.05) is 6.07 Å². The summed E-state index contributed by atoms with van der Waals surface area (Å²) in [5.74, 6) is 0. The van der Waals surface area contributed by atoms with Gasteiger partial charge in [-0.1, -0.05) is 13.0 Å². The topological polar surface area (TPSA) is 64.4 Å². The molecule has 0 spiro atoms. The number of hydrogen-bond donors (Lipinski definition) is 0. The van der Waals surface area contributed by atoms with Crippen LogP contribution in [0.25, 0.3) is 0 Å². The van der Waals surface area contributed by atoms with Crippen LogP contribution < -0.4 is 0 Å². The molecule has 0 unspecified atom stereocenters. The molecule has 0 N–H and O–H groups in total. The zero-order chi connectivity index (χ0) is 13.9. The van der Waals surface area contributed by atoms with E-state index in [1.165, 1.54) is 10.4 Å². The lowest BCUT2D eigenvalue weighted by molar-refractivity contribution is 0.196. The summed E-state index contributed by atoms with van der Waals surface area (Å²) >= 11 is 0. The van der Waals surface area contributed by atoms with Crippen molar-refractivity contribution in [3.05, 3.63) is 29.8 Å². The van der Waals surface area contributed by atoms with Crippen LogP contribution in [-0.2, 0) is 10.0 Å². The number of nitrogens with zero attached hydrogens (tertiary/aromatic N) is 3. The molecule has 1 aromatic rings. The van der Waals surface area contributed by atoms with Crippen LogP contribution in [0.1, 0.15) is 12.5 Å². The van der Waals surface area contributed by atoms with E-state index in [2.05, 4.69) is 11.8 Å². The van der Waals surface area contributed by atoms with Crippen LogP contribution in [0.2, 0.25) is 0 Å². The fourth-order valence-corrected chi connectivity index (χ4v) is 3.63. The number of nitriles is 1. The first-order valence-electron chi connectivity index (χ1n) is 6.30. The van der Waals surface area contributed by atoms with Gasteiger partial charge in [-0.05, 0) is 24.7 Å². The second-order valence-corrected chi connectivity index (χ2v) is 6.42. The lowest BCUT2D eigenvalue weighted by Crippen LogP contribution is -2.48. The molecule has 1 heterocycles. The maximum Gasteiger partial charge on any atom is 0.243 e. The summed E-state index contributed by atoms with van der Waals surface area (Å²) in [6.45, 7) is 5.54. The van der Waals surface area contributed by atoms with Crippen LogP contribution in [0.5, 0.6) is 0 Å². The number of hydrogen-bond acceptors (Lipinski definition) is 4. The summed E-state index contributed by atoms with van der Waals surface area (Å²) < 4.78 is 26.4. The van der Waals surface area contributed by atoms with Gasteiger partial charge < -0.3 is 4.90 Å². The molecule has 1 aromatic carbocycles. The highest BCUT2D eigenvalue weighted by Crippen LogP contribution is 2.18. The maximum atomic E-state index is 12.4. The zero-order valence-corrected chi connectivity index (χ0v) is 11.7. The van der Waals surface area contributed by atoms with E-state index in [-0.39, 0.29) is 4.90 Å². The lowest BCUT2D eigenvalue weighted by atomic mass is 10.2. The van der Waals surface area contributed by atoms with Crippen molar-refractivity contribution >= 4 is 10.0 Å². The number of sulfonamides is 1. The van der Waals surface area contributed by atoms with Gasteiger partial charge in [0, 0.05) is 26.2 Å². The Morgan fingerprint density at radius 2 is 1.95 bits per heavy atom. The number of piperazine rings is 1. The van der Waals surface area contributed by atoms with Crippen LogP contribution in [-0.4, -0.2) is 50.3 Å². The average molecular weight is 279 g/mol. The van der Waals surface area contributed by atoms with Gasteiger partial charge in [0.2, 0.25) is 10.0 Å². The standard InChI is InChI=1S/C13H17N3O2S/c1-2-15-6-8-16(9-7-15)19(17,18)13-5-3-4-12(10-13)11-14/h3-5,10H,2,6-9H2,1H3. The van der Waals surface area contributed by atoms with Gasteiger partial charge in [-0.25, -0.2) is 8.42 Å². The Kier molecular flexibility index (Phi) is 4.20. The first kappa shape index (κ1) is 14.0. The van der Waals surface area contributed by atoms with Gasteiger partial charge in [-0.2, -0.15) is 9.57 Å². The average Bonchev–Trinajstić information content (AvgIpc) is 2.47. The van der Waals surface area contributed by atoms with Gasteiger partial charge in [0.05, 0.1) is 16.5 Å². The molecule has 2 rings (SSSR count). The molecule has 6 heteroatoms. The van der Waals surface area contributed by atoms with E-state index >= 15 is 0 Å². The molecule has 1 aliphatic heterocycles. The van der Waals surface area contributed by atoms with Crippen LogP contribution in [0, 0.1) is 11.3 Å². The van der Waals surface area contributed by atoms with Crippen molar-refractivity contribution in [3.8, 4) is 6.07 Å². The normalized spacial score (nSPS) is 18.1. The van der Waals surface area contributed by atoms with Gasteiger partial charge in [0.15, 0.2) is 0 Å². The van der Waals surface area contributed by atoms with Crippen molar-refractivity contribution in [1.29, 1.82) is 5.26 Å². The first-order chi connectivity index (χ1) is 9.07. The summed E-state index contributed by atoms with van der Waals surface area (Å²) in [6.07, 6.45) is 0. The van der Waals surface area contributed by atoms with E-state index in [1.54, 1.807) is 18.2 Å². The Labute approximate surface area is 114 Å². The predicted octanol–water partition coefficient (Wildman–Crippen LogP) is 0.884. The molecule has 0 radical (unpaired) electrons. The monoisotopic (exact) mass is 279 g/mol. The van der Waals surface area contributed by atoms with Gasteiger partial charge in [0.25, 0.3) is 0 Å². The zero-order valence-electron chi connectivity index (χ0n) is 10.9. The van der Waals surface area contributed by atoms with E-state index in [4.69, 9.17) is 5.26 Å². The Balaban J connectivity index is 2.21. The first-order valence-corrected chi connectivity index (χ1v) is 7.74. The van der Waals surface area contributed by atoms with E-state index in [0.29, 0.717) is 18.7 Å². The molecule has 5 nitrogen and oxygen atoms in total. The predicted molar refractivity (Wildman–Crippen MR) is 72.0 cm³/mol. The fourth-order valence-electron chi connectivity index (χ4n) is 2.16. The molecule has 19 heavy (non-hydrogen) atoms. The Morgan fingerprint density at radius 1 is 1.26 bits per heavy atom. The third-order valence-electron chi connectivity index (χ3n) is 3.38. The van der Waals surface area contributed by atoms with Crippen molar-refractivity contribution in [2.24, 2.45) is 0 Å². The van der Waals surface area contributed by atoms with Crippen molar-refractivity contribution in [2.75, 3.05) is 32.7 Å². The molecule has 0 saturated carbocycles. The summed E-state index contributed by atoms with van der Waals surface area (Å²) in [7, 11) is -3.47. The van der Waals surface area contributed by atoms with Crippen molar-refractivity contribution < 1.29 is 8.42 Å². The molecule has 0 bridgehead atoms. The van der Waals surface area contributed by atoms with E-state index in [0.717, 1.165) is 19.6 Å². The Morgan fingerprint density at radius 3 is 2.53 bits per heavy atom. The maximum absolute atomic E-state index is 12.4. The third kappa shape index (κ3) is 2.95. The summed E-state index contributed by atoms with van der Waals surface area (Å²) in [6, 6.07) is 8.15.